The second-order valence-corrected chi connectivity index (χ2v) is 6.84. The number of fused-ring (bicyclic) bond motifs is 7. The van der Waals surface area contributed by atoms with Gasteiger partial charge in [-0.1, -0.05) is 0 Å². The summed E-state index contributed by atoms with van der Waals surface area (Å²) < 4.78 is 11.5. The Morgan fingerprint density at radius 3 is 1.74 bits per heavy atom. The first-order valence-corrected chi connectivity index (χ1v) is 8.33. The van der Waals surface area contributed by atoms with Gasteiger partial charge in [0.25, 0.3) is 0 Å². The highest BCUT2D eigenvalue weighted by Crippen LogP contribution is 2.41. The average Bonchev–Trinajstić information content (AvgIpc) is 3.15. The van der Waals surface area contributed by atoms with E-state index in [4.69, 9.17) is 0 Å². The van der Waals surface area contributed by atoms with Crippen LogP contribution in [-0.4, -0.2) is 8.75 Å². The normalized spacial score (nSPS) is 12.2. The largest absolute Gasteiger partial charge is 0.173 e. The van der Waals surface area contributed by atoms with Crippen LogP contribution < -0.4 is 0 Å². The van der Waals surface area contributed by atoms with Crippen LogP contribution in [0.2, 0.25) is 0 Å². The lowest BCUT2D eigenvalue weighted by Gasteiger charge is -2.03. The van der Waals surface area contributed by atoms with Gasteiger partial charge in [-0.25, -0.2) is 0 Å². The van der Waals surface area contributed by atoms with Crippen LogP contribution in [0.4, 0.5) is 0 Å². The molecule has 5 heteroatoms. The van der Waals surface area contributed by atoms with Crippen LogP contribution in [0.5, 0.6) is 0 Å². The molecule has 0 bridgehead atoms. The van der Waals surface area contributed by atoms with Crippen molar-refractivity contribution in [2.45, 2.75) is 0 Å². The molecule has 90 valence electrons. The number of nitrogens with zero attached hydrogens (tertiary/aromatic N) is 2. The average molecular weight is 298 g/mol. The van der Waals surface area contributed by atoms with E-state index in [2.05, 4.69) is 43.8 Å². The molecular formula is C14H6N2S3. The van der Waals surface area contributed by atoms with E-state index in [1.807, 2.05) is 22.7 Å². The van der Waals surface area contributed by atoms with E-state index in [1.165, 1.54) is 42.7 Å². The van der Waals surface area contributed by atoms with Crippen molar-refractivity contribution in [2.75, 3.05) is 0 Å². The first kappa shape index (κ1) is 10.3. The fourth-order valence-electron chi connectivity index (χ4n) is 2.67. The van der Waals surface area contributed by atoms with Crippen molar-refractivity contribution < 1.29 is 0 Å². The molecule has 0 radical (unpaired) electrons. The lowest BCUT2D eigenvalue weighted by Crippen LogP contribution is -1.77. The minimum Gasteiger partial charge on any atom is -0.173 e. The molecule has 0 aliphatic carbocycles. The Bertz CT molecular complexity index is 984. The van der Waals surface area contributed by atoms with Gasteiger partial charge in [0.05, 0.1) is 21.1 Å². The van der Waals surface area contributed by atoms with Gasteiger partial charge in [-0.3, -0.25) is 0 Å². The first-order chi connectivity index (χ1) is 9.42. The highest BCUT2D eigenvalue weighted by molar-refractivity contribution is 7.25. The molecule has 0 amide bonds. The molecule has 0 aliphatic heterocycles. The smallest absolute Gasteiger partial charge is 0.105 e. The summed E-state index contributed by atoms with van der Waals surface area (Å²) in [5, 5.41) is 9.61. The monoisotopic (exact) mass is 298 g/mol. The van der Waals surface area contributed by atoms with Crippen molar-refractivity contribution in [3.05, 3.63) is 35.0 Å². The number of hydrogen-bond donors (Lipinski definition) is 0. The van der Waals surface area contributed by atoms with Crippen LogP contribution in [0.25, 0.3) is 42.0 Å². The molecule has 2 aromatic carbocycles. The summed E-state index contributed by atoms with van der Waals surface area (Å²) in [4.78, 5) is 0. The summed E-state index contributed by atoms with van der Waals surface area (Å²) in [6, 6.07) is 8.79. The van der Waals surface area contributed by atoms with Gasteiger partial charge >= 0.3 is 0 Å². The molecule has 0 N–H and O–H groups in total. The van der Waals surface area contributed by atoms with Gasteiger partial charge in [-0.05, 0) is 45.8 Å². The van der Waals surface area contributed by atoms with Crippen molar-refractivity contribution in [3.8, 4) is 0 Å². The summed E-state index contributed by atoms with van der Waals surface area (Å²) in [7, 11) is 0. The van der Waals surface area contributed by atoms with E-state index in [-0.39, 0.29) is 0 Å². The summed E-state index contributed by atoms with van der Waals surface area (Å²) in [5.74, 6) is 0. The number of benzene rings is 2. The molecule has 0 saturated carbocycles. The maximum absolute atomic E-state index is 4.36. The Kier molecular flexibility index (Phi) is 1.89. The Balaban J connectivity index is 2.23. The third-order valence-electron chi connectivity index (χ3n) is 3.51. The van der Waals surface area contributed by atoms with E-state index in [0.29, 0.717) is 0 Å². The van der Waals surface area contributed by atoms with Crippen LogP contribution in [-0.2, 0) is 0 Å². The van der Waals surface area contributed by atoms with Crippen molar-refractivity contribution in [3.63, 3.8) is 0 Å². The van der Waals surface area contributed by atoms with Crippen molar-refractivity contribution in [1.29, 1.82) is 0 Å². The second kappa shape index (κ2) is 3.50. The standard InChI is InChI=1S/C14H6N2S3/c1-3-17-13-7(1)9-5-11-12(16-19-15-11)6-10(9)8-2-4-18-14(8)13/h1-6H. The summed E-state index contributed by atoms with van der Waals surface area (Å²) >= 11 is 4.93. The van der Waals surface area contributed by atoms with Crippen LogP contribution in [0.3, 0.4) is 0 Å². The van der Waals surface area contributed by atoms with Crippen molar-refractivity contribution >= 4 is 76.4 Å². The molecule has 0 unspecified atom stereocenters. The lowest BCUT2D eigenvalue weighted by molar-refractivity contribution is 1.69. The fourth-order valence-corrected chi connectivity index (χ4v) is 5.19. The molecule has 0 atom stereocenters. The molecule has 3 aromatic heterocycles. The van der Waals surface area contributed by atoms with Gasteiger partial charge in [-0.2, -0.15) is 8.75 Å². The molecule has 5 aromatic rings. The van der Waals surface area contributed by atoms with Gasteiger partial charge < -0.3 is 0 Å². The fraction of sp³-hybridized carbons (Fsp3) is 0. The molecule has 0 saturated heterocycles. The zero-order valence-corrected chi connectivity index (χ0v) is 12.0. The predicted octanol–water partition coefficient (Wildman–Crippen LogP) is 5.27. The van der Waals surface area contributed by atoms with Crippen molar-refractivity contribution in [2.24, 2.45) is 0 Å². The highest BCUT2D eigenvalue weighted by Gasteiger charge is 2.12. The Morgan fingerprint density at radius 2 is 1.21 bits per heavy atom. The van der Waals surface area contributed by atoms with Gasteiger partial charge in [0, 0.05) is 10.8 Å². The van der Waals surface area contributed by atoms with Gasteiger partial charge in [0.1, 0.15) is 11.0 Å². The molecule has 19 heavy (non-hydrogen) atoms. The van der Waals surface area contributed by atoms with E-state index in [9.17, 15) is 0 Å². The molecule has 3 heterocycles. The number of rotatable bonds is 0. The Hall–Kier alpha value is -1.56. The van der Waals surface area contributed by atoms with Crippen molar-refractivity contribution in [1.82, 2.24) is 8.75 Å². The first-order valence-electron chi connectivity index (χ1n) is 5.84. The summed E-state index contributed by atoms with van der Waals surface area (Å²) in [6.45, 7) is 0. The third kappa shape index (κ3) is 1.25. The van der Waals surface area contributed by atoms with Gasteiger partial charge in [-0.15, -0.1) is 22.7 Å². The van der Waals surface area contributed by atoms with E-state index in [0.717, 1.165) is 11.0 Å². The Labute approximate surface area is 120 Å². The molecule has 5 rings (SSSR count). The lowest BCUT2D eigenvalue weighted by atomic mass is 10.0. The predicted molar refractivity (Wildman–Crippen MR) is 85.7 cm³/mol. The van der Waals surface area contributed by atoms with E-state index < -0.39 is 0 Å². The maximum Gasteiger partial charge on any atom is 0.105 e. The van der Waals surface area contributed by atoms with Gasteiger partial charge in [0.2, 0.25) is 0 Å². The SMILES string of the molecule is c1cc2c3cc4nsnc4cc3c3ccsc3c2s1. The zero-order chi connectivity index (χ0) is 12.4. The van der Waals surface area contributed by atoms with E-state index in [1.54, 1.807) is 0 Å². The second-order valence-electron chi connectivity index (χ2n) is 4.48. The van der Waals surface area contributed by atoms with Crippen LogP contribution in [0.15, 0.2) is 35.0 Å². The molecule has 2 nitrogen and oxygen atoms in total. The maximum atomic E-state index is 4.36. The van der Waals surface area contributed by atoms with Gasteiger partial charge in [0.15, 0.2) is 0 Å². The highest BCUT2D eigenvalue weighted by atomic mass is 32.1. The topological polar surface area (TPSA) is 25.8 Å². The molecule has 0 aliphatic rings. The summed E-state index contributed by atoms with van der Waals surface area (Å²) in [6.07, 6.45) is 0. The quantitative estimate of drug-likeness (QED) is 0.389. The van der Waals surface area contributed by atoms with Crippen LogP contribution >= 0.6 is 34.4 Å². The number of hydrogen-bond acceptors (Lipinski definition) is 5. The zero-order valence-electron chi connectivity index (χ0n) is 9.58. The minimum absolute atomic E-state index is 1.000. The summed E-state index contributed by atoms with van der Waals surface area (Å²) in [5.41, 5.74) is 2.00. The minimum atomic E-state index is 1.000. The van der Waals surface area contributed by atoms with E-state index >= 15 is 0 Å². The third-order valence-corrected chi connectivity index (χ3v) is 6.06. The van der Waals surface area contributed by atoms with Crippen LogP contribution in [0, 0.1) is 0 Å². The molecular weight excluding hydrogens is 292 g/mol. The van der Waals surface area contributed by atoms with Crippen LogP contribution in [0.1, 0.15) is 0 Å². The molecule has 0 fully saturated rings. The number of aromatic nitrogens is 2. The number of thiophene rings is 2. The Morgan fingerprint density at radius 1 is 0.684 bits per heavy atom. The molecule has 0 spiro atoms.